The highest BCUT2D eigenvalue weighted by atomic mass is 32.1. The first-order valence-electron chi connectivity index (χ1n) is 13.2. The lowest BCUT2D eigenvalue weighted by atomic mass is 10.1. The van der Waals surface area contributed by atoms with Gasteiger partial charge in [-0.25, -0.2) is 4.98 Å². The van der Waals surface area contributed by atoms with Crippen LogP contribution in [0.3, 0.4) is 0 Å². The van der Waals surface area contributed by atoms with Crippen molar-refractivity contribution in [3.8, 4) is 11.4 Å². The summed E-state index contributed by atoms with van der Waals surface area (Å²) in [5.41, 5.74) is 2.28. The van der Waals surface area contributed by atoms with E-state index in [2.05, 4.69) is 12.1 Å². The molecule has 0 spiro atoms. The quantitative estimate of drug-likeness (QED) is 0.199. The molecule has 0 bridgehead atoms. The maximum atomic E-state index is 14.0. The Labute approximate surface area is 232 Å². The van der Waals surface area contributed by atoms with Crippen LogP contribution in [0.15, 0.2) is 101 Å². The van der Waals surface area contributed by atoms with Crippen LogP contribution in [0.25, 0.3) is 16.6 Å². The Kier molecular flexibility index (Phi) is 8.18. The minimum Gasteiger partial charge on any atom is -0.494 e. The number of para-hydroxylation sites is 1. The number of nitrogens with zero attached hydrogens (tertiary/aromatic N) is 3. The van der Waals surface area contributed by atoms with Crippen LogP contribution in [0.4, 0.5) is 0 Å². The van der Waals surface area contributed by atoms with E-state index in [0.29, 0.717) is 53.3 Å². The summed E-state index contributed by atoms with van der Waals surface area (Å²) >= 11 is 1.42. The first-order valence-corrected chi connectivity index (χ1v) is 14.1. The summed E-state index contributed by atoms with van der Waals surface area (Å²) in [4.78, 5) is 35.5. The number of ether oxygens (including phenoxy) is 1. The van der Waals surface area contributed by atoms with Crippen LogP contribution in [-0.4, -0.2) is 33.5 Å². The summed E-state index contributed by atoms with van der Waals surface area (Å²) in [6, 6.07) is 28.3. The third-order valence-corrected chi connectivity index (χ3v) is 7.60. The molecule has 0 saturated heterocycles. The van der Waals surface area contributed by atoms with Crippen LogP contribution in [0.2, 0.25) is 0 Å². The van der Waals surface area contributed by atoms with Crippen LogP contribution in [0.1, 0.15) is 47.4 Å². The second-order valence-corrected chi connectivity index (χ2v) is 10.1. The fraction of sp³-hybridized carbons (Fsp3) is 0.219. The molecule has 0 fully saturated rings. The van der Waals surface area contributed by atoms with Gasteiger partial charge in [-0.3, -0.25) is 14.2 Å². The highest BCUT2D eigenvalue weighted by Crippen LogP contribution is 2.29. The van der Waals surface area contributed by atoms with Crippen LogP contribution < -0.4 is 10.3 Å². The van der Waals surface area contributed by atoms with Crippen molar-refractivity contribution in [2.24, 2.45) is 0 Å². The van der Waals surface area contributed by atoms with Gasteiger partial charge in [0.1, 0.15) is 11.6 Å². The van der Waals surface area contributed by atoms with Gasteiger partial charge >= 0.3 is 0 Å². The molecule has 1 unspecified atom stereocenters. The van der Waals surface area contributed by atoms with Gasteiger partial charge in [-0.1, -0.05) is 55.5 Å². The predicted molar refractivity (Wildman–Crippen MR) is 157 cm³/mol. The number of fused-ring (bicyclic) bond motifs is 1. The highest BCUT2D eigenvalue weighted by Gasteiger charge is 2.30. The van der Waals surface area contributed by atoms with Gasteiger partial charge in [0, 0.05) is 6.54 Å². The maximum absolute atomic E-state index is 14.0. The van der Waals surface area contributed by atoms with E-state index in [0.717, 1.165) is 11.3 Å². The van der Waals surface area contributed by atoms with Gasteiger partial charge in [0.25, 0.3) is 11.5 Å². The van der Waals surface area contributed by atoms with Crippen molar-refractivity contribution in [2.45, 2.75) is 32.7 Å². The lowest BCUT2D eigenvalue weighted by molar-refractivity contribution is 0.0667. The second-order valence-electron chi connectivity index (χ2n) is 9.19. The van der Waals surface area contributed by atoms with E-state index in [1.807, 2.05) is 96.9 Å². The number of hydrogen-bond donors (Lipinski definition) is 0. The molecule has 6 nitrogen and oxygen atoms in total. The van der Waals surface area contributed by atoms with Crippen molar-refractivity contribution in [3.63, 3.8) is 0 Å². The number of aromatic nitrogens is 2. The Hall–Kier alpha value is -4.23. The Morgan fingerprint density at radius 1 is 0.949 bits per heavy atom. The molecular formula is C32H31N3O3S. The zero-order chi connectivity index (χ0) is 27.2. The summed E-state index contributed by atoms with van der Waals surface area (Å²) in [6.07, 6.45) is 1.28. The van der Waals surface area contributed by atoms with E-state index in [1.165, 1.54) is 11.3 Å². The summed E-state index contributed by atoms with van der Waals surface area (Å²) in [6.45, 7) is 5.02. The van der Waals surface area contributed by atoms with Crippen LogP contribution >= 0.6 is 11.3 Å². The van der Waals surface area contributed by atoms with E-state index in [9.17, 15) is 9.59 Å². The van der Waals surface area contributed by atoms with E-state index < -0.39 is 6.04 Å². The molecule has 1 atom stereocenters. The zero-order valence-corrected chi connectivity index (χ0v) is 22.9. The Morgan fingerprint density at radius 3 is 2.38 bits per heavy atom. The number of carbonyl (C=O) groups excluding carboxylic acids is 1. The average molecular weight is 538 g/mol. The Bertz CT molecular complexity index is 1600. The van der Waals surface area contributed by atoms with Gasteiger partial charge in [0.15, 0.2) is 0 Å². The molecule has 0 aliphatic carbocycles. The molecule has 5 aromatic rings. The molecule has 2 heterocycles. The topological polar surface area (TPSA) is 64.4 Å². The predicted octanol–water partition coefficient (Wildman–Crippen LogP) is 6.68. The van der Waals surface area contributed by atoms with Crippen molar-refractivity contribution in [1.29, 1.82) is 0 Å². The fourth-order valence-corrected chi connectivity index (χ4v) is 5.54. The van der Waals surface area contributed by atoms with Crippen molar-refractivity contribution in [2.75, 3.05) is 13.2 Å². The molecule has 7 heteroatoms. The van der Waals surface area contributed by atoms with Crippen molar-refractivity contribution >= 4 is 28.1 Å². The molecule has 1 amide bonds. The largest absolute Gasteiger partial charge is 0.494 e. The van der Waals surface area contributed by atoms with Gasteiger partial charge in [-0.05, 0) is 73.2 Å². The molecule has 5 rings (SSSR count). The standard InChI is InChI=1S/C32H31N3O3S/c1-3-28(34(32(37)29-15-10-22-39-29)21-20-23-11-6-5-7-12-23)30-33-27-14-9-8-13-26(27)31(36)35(30)24-16-18-25(19-17-24)38-4-2/h5-19,22,28H,3-4,20-21H2,1-2H3. The van der Waals surface area contributed by atoms with Gasteiger partial charge in [0.2, 0.25) is 0 Å². The summed E-state index contributed by atoms with van der Waals surface area (Å²) in [7, 11) is 0. The van der Waals surface area contributed by atoms with Crippen LogP contribution in [0, 0.1) is 0 Å². The average Bonchev–Trinajstić information content (AvgIpc) is 3.52. The SMILES string of the molecule is CCOc1ccc(-n2c(C(CC)N(CCc3ccccc3)C(=O)c3cccs3)nc3ccccc3c2=O)cc1. The molecule has 0 saturated carbocycles. The zero-order valence-electron chi connectivity index (χ0n) is 22.1. The molecule has 0 radical (unpaired) electrons. The number of benzene rings is 3. The minimum atomic E-state index is -0.424. The van der Waals surface area contributed by atoms with E-state index in [4.69, 9.17) is 9.72 Å². The Morgan fingerprint density at radius 2 is 1.69 bits per heavy atom. The van der Waals surface area contributed by atoms with E-state index in [1.54, 1.807) is 10.6 Å². The molecule has 3 aromatic carbocycles. The number of thiophene rings is 1. The molecular weight excluding hydrogens is 506 g/mol. The van der Waals surface area contributed by atoms with E-state index >= 15 is 0 Å². The van der Waals surface area contributed by atoms with Crippen molar-refractivity contribution in [1.82, 2.24) is 14.5 Å². The number of amides is 1. The molecule has 2 aromatic heterocycles. The van der Waals surface area contributed by atoms with Crippen LogP contribution in [0.5, 0.6) is 5.75 Å². The van der Waals surface area contributed by atoms with Crippen LogP contribution in [-0.2, 0) is 6.42 Å². The smallest absolute Gasteiger partial charge is 0.266 e. The minimum absolute atomic E-state index is 0.0616. The third-order valence-electron chi connectivity index (χ3n) is 6.75. The normalized spacial score (nSPS) is 11.8. The van der Waals surface area contributed by atoms with Gasteiger partial charge in [0.05, 0.1) is 34.1 Å². The lowest BCUT2D eigenvalue weighted by Crippen LogP contribution is -2.39. The highest BCUT2D eigenvalue weighted by molar-refractivity contribution is 7.12. The summed E-state index contributed by atoms with van der Waals surface area (Å²) in [5, 5.41) is 2.44. The molecule has 0 N–H and O–H groups in total. The molecule has 0 aliphatic rings. The summed E-state index contributed by atoms with van der Waals surface area (Å²) in [5.74, 6) is 1.21. The van der Waals surface area contributed by atoms with Gasteiger partial charge < -0.3 is 9.64 Å². The fourth-order valence-electron chi connectivity index (χ4n) is 4.86. The number of rotatable bonds is 10. The number of carbonyl (C=O) groups is 1. The molecule has 0 aliphatic heterocycles. The van der Waals surface area contributed by atoms with Gasteiger partial charge in [-0.2, -0.15) is 0 Å². The molecule has 39 heavy (non-hydrogen) atoms. The van der Waals surface area contributed by atoms with Crippen molar-refractivity contribution < 1.29 is 9.53 Å². The summed E-state index contributed by atoms with van der Waals surface area (Å²) < 4.78 is 7.28. The second kappa shape index (κ2) is 12.1. The van der Waals surface area contributed by atoms with Crippen molar-refractivity contribution in [3.05, 3.63) is 123 Å². The number of hydrogen-bond acceptors (Lipinski definition) is 5. The van der Waals surface area contributed by atoms with E-state index in [-0.39, 0.29) is 11.5 Å². The maximum Gasteiger partial charge on any atom is 0.266 e. The first-order chi connectivity index (χ1) is 19.1. The monoisotopic (exact) mass is 537 g/mol. The molecule has 198 valence electrons. The Balaban J connectivity index is 1.65. The van der Waals surface area contributed by atoms with Gasteiger partial charge in [-0.15, -0.1) is 11.3 Å². The lowest BCUT2D eigenvalue weighted by Gasteiger charge is -2.32. The third kappa shape index (κ3) is 5.64. The first kappa shape index (κ1) is 26.4.